The van der Waals surface area contributed by atoms with Crippen LogP contribution < -0.4 is 5.32 Å². The Morgan fingerprint density at radius 3 is 1.30 bits per heavy atom. The zero-order valence-electron chi connectivity index (χ0n) is 15.7. The van der Waals surface area contributed by atoms with Crippen molar-refractivity contribution in [1.29, 1.82) is 0 Å². The molecule has 0 aliphatic heterocycles. The van der Waals surface area contributed by atoms with Crippen molar-refractivity contribution in [1.82, 2.24) is 5.32 Å². The zero-order valence-corrected chi connectivity index (χ0v) is 15.7. The van der Waals surface area contributed by atoms with Crippen LogP contribution in [0.25, 0.3) is 22.3 Å². The molecular weight excluding hydrogens is 326 g/mol. The van der Waals surface area contributed by atoms with E-state index in [-0.39, 0.29) is 0 Å². The number of hydrogen-bond acceptors (Lipinski definition) is 0. The summed E-state index contributed by atoms with van der Waals surface area (Å²) in [5, 5.41) is 5.12. The predicted octanol–water partition coefficient (Wildman–Crippen LogP) is 7.21. The molecule has 4 aromatic rings. The Balaban J connectivity index is 1.82. The van der Waals surface area contributed by atoms with Gasteiger partial charge in [-0.05, 0) is 48.2 Å². The van der Waals surface area contributed by atoms with Crippen LogP contribution in [0, 0.1) is 13.8 Å². The van der Waals surface area contributed by atoms with Crippen LogP contribution >= 0.6 is 0 Å². The van der Waals surface area contributed by atoms with E-state index in [2.05, 4.69) is 98.8 Å². The highest BCUT2D eigenvalue weighted by molar-refractivity contribution is 5.82. The molecule has 0 saturated heterocycles. The summed E-state index contributed by atoms with van der Waals surface area (Å²) < 4.78 is 0. The van der Waals surface area contributed by atoms with Crippen LogP contribution in [0.2, 0.25) is 0 Å². The normalized spacial score (nSPS) is 10.6. The fraction of sp³-hybridized carbons (Fsp3) is 0.0769. The van der Waals surface area contributed by atoms with Crippen LogP contribution in [0.15, 0.2) is 97.1 Å². The Bertz CT molecular complexity index is 963. The Labute approximate surface area is 161 Å². The van der Waals surface area contributed by atoms with Gasteiger partial charge in [0, 0.05) is 11.1 Å². The van der Waals surface area contributed by atoms with Gasteiger partial charge in [-0.3, -0.25) is 0 Å². The lowest BCUT2D eigenvalue weighted by Gasteiger charge is -2.15. The average Bonchev–Trinajstić information content (AvgIpc) is 2.70. The Kier molecular flexibility index (Phi) is 4.76. The van der Waals surface area contributed by atoms with Crippen molar-refractivity contribution in [3.05, 3.63) is 108 Å². The van der Waals surface area contributed by atoms with Crippen molar-refractivity contribution in [2.75, 3.05) is 0 Å². The van der Waals surface area contributed by atoms with Gasteiger partial charge < -0.3 is 0 Å². The zero-order chi connectivity index (χ0) is 18.6. The summed E-state index contributed by atoms with van der Waals surface area (Å²) in [5.74, 6) is 0. The Morgan fingerprint density at radius 2 is 0.889 bits per heavy atom. The summed E-state index contributed by atoms with van der Waals surface area (Å²) >= 11 is 0. The minimum absolute atomic E-state index is 1.00. The summed E-state index contributed by atoms with van der Waals surface area (Å²) in [6, 6.07) is 33.9. The van der Waals surface area contributed by atoms with E-state index < -0.39 is 0 Å². The van der Waals surface area contributed by atoms with Crippen LogP contribution in [-0.2, 0) is 0 Å². The second-order valence-electron chi connectivity index (χ2n) is 6.89. The first-order chi connectivity index (χ1) is 13.2. The summed E-state index contributed by atoms with van der Waals surface area (Å²) in [5.41, 5.74) is 9.11. The van der Waals surface area contributed by atoms with Crippen molar-refractivity contribution < 1.29 is 0 Å². The number of hydrogen-bond donors (Lipinski definition) is 0. The second-order valence-corrected chi connectivity index (χ2v) is 6.89. The Morgan fingerprint density at radius 1 is 0.481 bits per heavy atom. The fourth-order valence-electron chi connectivity index (χ4n) is 3.32. The average molecular weight is 348 g/mol. The van der Waals surface area contributed by atoms with E-state index in [1.54, 1.807) is 0 Å². The van der Waals surface area contributed by atoms with Gasteiger partial charge in [-0.1, -0.05) is 84.9 Å². The van der Waals surface area contributed by atoms with Crippen LogP contribution in [-0.4, -0.2) is 0 Å². The van der Waals surface area contributed by atoms with Crippen molar-refractivity contribution in [3.63, 3.8) is 0 Å². The molecule has 0 unspecified atom stereocenters. The summed E-state index contributed by atoms with van der Waals surface area (Å²) in [6.45, 7) is 4.23. The minimum atomic E-state index is 1.00. The first-order valence-corrected chi connectivity index (χ1v) is 9.24. The van der Waals surface area contributed by atoms with E-state index in [1.165, 1.54) is 22.3 Å². The van der Waals surface area contributed by atoms with Gasteiger partial charge in [0.15, 0.2) is 0 Å². The highest BCUT2D eigenvalue weighted by Crippen LogP contribution is 2.36. The Hall–Kier alpha value is -3.32. The number of aryl methyl sites for hydroxylation is 2. The molecule has 1 nitrogen and oxygen atoms in total. The molecule has 4 rings (SSSR count). The van der Waals surface area contributed by atoms with E-state index in [0.717, 1.165) is 22.5 Å². The van der Waals surface area contributed by atoms with Gasteiger partial charge in [-0.2, -0.15) is 0 Å². The first-order valence-electron chi connectivity index (χ1n) is 9.24. The van der Waals surface area contributed by atoms with Gasteiger partial charge in [0.05, 0.1) is 11.4 Å². The summed E-state index contributed by atoms with van der Waals surface area (Å²) in [7, 11) is 0. The van der Waals surface area contributed by atoms with Gasteiger partial charge in [-0.15, -0.1) is 0 Å². The molecule has 0 atom stereocenters. The molecule has 0 bridgehead atoms. The largest absolute Gasteiger partial charge is 0.248 e. The van der Waals surface area contributed by atoms with Gasteiger partial charge in [0.25, 0.3) is 0 Å². The second kappa shape index (κ2) is 7.51. The van der Waals surface area contributed by atoms with Crippen molar-refractivity contribution in [3.8, 4) is 22.3 Å². The maximum Gasteiger partial charge on any atom is 0.0718 e. The van der Waals surface area contributed by atoms with Crippen molar-refractivity contribution in [2.24, 2.45) is 0 Å². The predicted molar refractivity (Wildman–Crippen MR) is 115 cm³/mol. The molecule has 0 N–H and O–H groups in total. The molecule has 1 radical (unpaired) electrons. The smallest absolute Gasteiger partial charge is 0.0718 e. The molecule has 0 amide bonds. The summed E-state index contributed by atoms with van der Waals surface area (Å²) in [4.78, 5) is 0. The topological polar surface area (TPSA) is 14.1 Å². The van der Waals surface area contributed by atoms with Gasteiger partial charge in [-0.25, -0.2) is 5.32 Å². The quantitative estimate of drug-likeness (QED) is 0.370. The third-order valence-corrected chi connectivity index (χ3v) is 4.72. The molecule has 0 aromatic heterocycles. The number of rotatable bonds is 4. The molecule has 0 heterocycles. The molecule has 0 spiro atoms. The molecular formula is C26H22N. The molecule has 0 aliphatic carbocycles. The van der Waals surface area contributed by atoms with Crippen LogP contribution in [0.1, 0.15) is 11.1 Å². The van der Waals surface area contributed by atoms with Crippen molar-refractivity contribution in [2.45, 2.75) is 13.8 Å². The third-order valence-electron chi connectivity index (χ3n) is 4.72. The lowest BCUT2D eigenvalue weighted by atomic mass is 9.99. The standard InChI is InChI=1S/C26H22N/c1-19-13-15-23(21-9-5-3-6-10-21)25(17-19)27-26-18-20(2)14-16-24(26)22-11-7-4-8-12-22/h3-18H,1-2H3. The van der Waals surface area contributed by atoms with Gasteiger partial charge >= 0.3 is 0 Å². The third kappa shape index (κ3) is 3.78. The molecule has 27 heavy (non-hydrogen) atoms. The number of benzene rings is 4. The maximum absolute atomic E-state index is 5.12. The monoisotopic (exact) mass is 348 g/mol. The van der Waals surface area contributed by atoms with Gasteiger partial charge in [0.1, 0.15) is 0 Å². The summed E-state index contributed by atoms with van der Waals surface area (Å²) in [6.07, 6.45) is 0. The maximum atomic E-state index is 5.12. The molecule has 0 fully saturated rings. The molecule has 4 aromatic carbocycles. The van der Waals surface area contributed by atoms with Crippen LogP contribution in [0.3, 0.4) is 0 Å². The van der Waals surface area contributed by atoms with E-state index in [4.69, 9.17) is 5.32 Å². The lowest BCUT2D eigenvalue weighted by Crippen LogP contribution is -1.96. The van der Waals surface area contributed by atoms with Crippen molar-refractivity contribution >= 4 is 11.4 Å². The lowest BCUT2D eigenvalue weighted by molar-refractivity contribution is 1.17. The van der Waals surface area contributed by atoms with E-state index in [0.29, 0.717) is 0 Å². The van der Waals surface area contributed by atoms with E-state index in [9.17, 15) is 0 Å². The SMILES string of the molecule is Cc1ccc(-c2ccccc2)c([N]c2cc(C)ccc2-c2ccccc2)c1. The fourth-order valence-corrected chi connectivity index (χ4v) is 3.32. The van der Waals surface area contributed by atoms with Gasteiger partial charge in [0.2, 0.25) is 0 Å². The molecule has 0 saturated carbocycles. The number of nitrogens with zero attached hydrogens (tertiary/aromatic N) is 1. The first kappa shape index (κ1) is 17.1. The highest BCUT2D eigenvalue weighted by Gasteiger charge is 2.12. The molecule has 1 heteroatoms. The van der Waals surface area contributed by atoms with Crippen LogP contribution in [0.5, 0.6) is 0 Å². The highest BCUT2D eigenvalue weighted by atomic mass is 14.9. The molecule has 0 aliphatic rings. The van der Waals surface area contributed by atoms with E-state index in [1.807, 2.05) is 12.1 Å². The minimum Gasteiger partial charge on any atom is -0.248 e. The van der Waals surface area contributed by atoms with E-state index >= 15 is 0 Å². The van der Waals surface area contributed by atoms with Crippen LogP contribution in [0.4, 0.5) is 11.4 Å². The molecule has 131 valence electrons.